The van der Waals surface area contributed by atoms with Gasteiger partial charge in [0.1, 0.15) is 0 Å². The second-order valence-electron chi connectivity index (χ2n) is 3.80. The molecule has 0 aliphatic carbocycles. The number of halogens is 2. The van der Waals surface area contributed by atoms with E-state index in [1.54, 1.807) is 12.1 Å². The van der Waals surface area contributed by atoms with Gasteiger partial charge in [0.25, 0.3) is 0 Å². The Morgan fingerprint density at radius 1 is 1.00 bits per heavy atom. The number of benzene rings is 2. The van der Waals surface area contributed by atoms with Gasteiger partial charge in [-0.15, -0.1) is 0 Å². The molecule has 0 atom stereocenters. The Labute approximate surface area is 102 Å². The maximum Gasteiger partial charge on any atom is 0.249 e. The first-order valence-electron chi connectivity index (χ1n) is 5.14. The minimum atomic E-state index is -0.986. The quantitative estimate of drug-likeness (QED) is 0.801. The summed E-state index contributed by atoms with van der Waals surface area (Å²) in [4.78, 5) is 11.3. The van der Waals surface area contributed by atoms with Crippen LogP contribution in [0.5, 0.6) is 0 Å². The summed E-state index contributed by atoms with van der Waals surface area (Å²) in [5.41, 5.74) is 12.1. The molecule has 0 heterocycles. The second kappa shape index (κ2) is 4.44. The number of carbonyl (C=O) groups is 1. The average Bonchev–Trinajstić information content (AvgIpc) is 2.32. The predicted molar refractivity (Wildman–Crippen MR) is 64.7 cm³/mol. The summed E-state index contributed by atoms with van der Waals surface area (Å²) >= 11 is 0. The van der Waals surface area contributed by atoms with Gasteiger partial charge in [0.05, 0.1) is 0 Å². The molecular formula is C13H10F2N2O. The van der Waals surface area contributed by atoms with Gasteiger partial charge < -0.3 is 11.5 Å². The third-order valence-corrected chi connectivity index (χ3v) is 2.54. The van der Waals surface area contributed by atoms with Gasteiger partial charge in [0.15, 0.2) is 11.6 Å². The Morgan fingerprint density at radius 2 is 1.72 bits per heavy atom. The monoisotopic (exact) mass is 248 g/mol. The van der Waals surface area contributed by atoms with Crippen LogP contribution >= 0.6 is 0 Å². The molecule has 2 rings (SSSR count). The van der Waals surface area contributed by atoms with Gasteiger partial charge in [-0.1, -0.05) is 12.1 Å². The zero-order valence-corrected chi connectivity index (χ0v) is 9.28. The van der Waals surface area contributed by atoms with E-state index < -0.39 is 17.5 Å². The third-order valence-electron chi connectivity index (χ3n) is 2.54. The molecule has 18 heavy (non-hydrogen) atoms. The lowest BCUT2D eigenvalue weighted by atomic mass is 9.98. The summed E-state index contributed by atoms with van der Waals surface area (Å²) < 4.78 is 26.0. The zero-order valence-electron chi connectivity index (χ0n) is 9.28. The number of carbonyl (C=O) groups excluding carboxylic acids is 1. The zero-order chi connectivity index (χ0) is 13.3. The van der Waals surface area contributed by atoms with Crippen molar-refractivity contribution in [3.05, 3.63) is 53.6 Å². The highest BCUT2D eigenvalue weighted by Crippen LogP contribution is 2.26. The lowest BCUT2D eigenvalue weighted by Gasteiger charge is -2.08. The smallest absolute Gasteiger partial charge is 0.249 e. The first-order chi connectivity index (χ1) is 8.49. The fraction of sp³-hybridized carbons (Fsp3) is 0. The maximum atomic E-state index is 13.2. The van der Waals surface area contributed by atoms with Gasteiger partial charge in [-0.2, -0.15) is 0 Å². The lowest BCUT2D eigenvalue weighted by Crippen LogP contribution is -2.13. The SMILES string of the molecule is NC(=O)c1cc(N)ccc1-c1ccc(F)c(F)c1. The van der Waals surface area contributed by atoms with Gasteiger partial charge in [-0.25, -0.2) is 8.78 Å². The molecular weight excluding hydrogens is 238 g/mol. The topological polar surface area (TPSA) is 69.1 Å². The number of anilines is 1. The van der Waals surface area contributed by atoms with Crippen LogP contribution in [0.25, 0.3) is 11.1 Å². The van der Waals surface area contributed by atoms with Crippen molar-refractivity contribution in [3.63, 3.8) is 0 Å². The molecule has 0 aliphatic heterocycles. The van der Waals surface area contributed by atoms with E-state index in [0.717, 1.165) is 12.1 Å². The van der Waals surface area contributed by atoms with Crippen molar-refractivity contribution in [1.29, 1.82) is 0 Å². The highest BCUT2D eigenvalue weighted by molar-refractivity contribution is 6.00. The highest BCUT2D eigenvalue weighted by atomic mass is 19.2. The summed E-state index contributed by atoms with van der Waals surface area (Å²) in [6.45, 7) is 0. The Bertz CT molecular complexity index is 626. The van der Waals surface area contributed by atoms with E-state index in [4.69, 9.17) is 11.5 Å². The van der Waals surface area contributed by atoms with Crippen LogP contribution in [0.2, 0.25) is 0 Å². The summed E-state index contributed by atoms with van der Waals surface area (Å²) in [6.07, 6.45) is 0. The van der Waals surface area contributed by atoms with E-state index in [9.17, 15) is 13.6 Å². The maximum absolute atomic E-state index is 13.2. The van der Waals surface area contributed by atoms with Crippen LogP contribution in [-0.2, 0) is 0 Å². The van der Waals surface area contributed by atoms with Crippen LogP contribution in [0.3, 0.4) is 0 Å². The van der Waals surface area contributed by atoms with Crippen LogP contribution in [0, 0.1) is 11.6 Å². The minimum absolute atomic E-state index is 0.168. The molecule has 0 saturated heterocycles. The molecule has 1 amide bonds. The average molecular weight is 248 g/mol. The molecule has 0 saturated carbocycles. The molecule has 92 valence electrons. The number of nitrogen functional groups attached to an aromatic ring is 1. The summed E-state index contributed by atoms with van der Waals surface area (Å²) in [6, 6.07) is 7.87. The molecule has 0 spiro atoms. The van der Waals surface area contributed by atoms with Crippen LogP contribution in [0.1, 0.15) is 10.4 Å². The molecule has 0 fully saturated rings. The second-order valence-corrected chi connectivity index (χ2v) is 3.80. The van der Waals surface area contributed by atoms with Crippen molar-refractivity contribution in [3.8, 4) is 11.1 Å². The Morgan fingerprint density at radius 3 is 2.33 bits per heavy atom. The van der Waals surface area contributed by atoms with Gasteiger partial charge in [0.2, 0.25) is 5.91 Å². The van der Waals surface area contributed by atoms with Crippen LogP contribution in [0.15, 0.2) is 36.4 Å². The molecule has 0 radical (unpaired) electrons. The first-order valence-corrected chi connectivity index (χ1v) is 5.14. The Kier molecular flexibility index (Phi) is 2.97. The van der Waals surface area contributed by atoms with Gasteiger partial charge in [-0.05, 0) is 35.4 Å². The van der Waals surface area contributed by atoms with Crippen molar-refractivity contribution in [1.82, 2.24) is 0 Å². The number of rotatable bonds is 2. The van der Waals surface area contributed by atoms with Crippen molar-refractivity contribution in [2.75, 3.05) is 5.73 Å². The van der Waals surface area contributed by atoms with Gasteiger partial charge in [-0.3, -0.25) is 4.79 Å². The number of hydrogen-bond donors (Lipinski definition) is 2. The number of hydrogen-bond acceptors (Lipinski definition) is 2. The molecule has 3 nitrogen and oxygen atoms in total. The molecule has 0 aliphatic rings. The van der Waals surface area contributed by atoms with E-state index in [1.807, 2.05) is 0 Å². The van der Waals surface area contributed by atoms with Gasteiger partial charge >= 0.3 is 0 Å². The van der Waals surface area contributed by atoms with E-state index in [-0.39, 0.29) is 5.56 Å². The third kappa shape index (κ3) is 2.15. The fourth-order valence-corrected chi connectivity index (χ4v) is 1.68. The van der Waals surface area contributed by atoms with Crippen molar-refractivity contribution in [2.45, 2.75) is 0 Å². The Hall–Kier alpha value is -2.43. The molecule has 2 aromatic rings. The predicted octanol–water partition coefficient (Wildman–Crippen LogP) is 2.31. The lowest BCUT2D eigenvalue weighted by molar-refractivity contribution is 0.100. The number of nitrogens with two attached hydrogens (primary N) is 2. The highest BCUT2D eigenvalue weighted by Gasteiger charge is 2.12. The van der Waals surface area contributed by atoms with Crippen LogP contribution in [0.4, 0.5) is 14.5 Å². The number of amides is 1. The van der Waals surface area contributed by atoms with Crippen molar-refractivity contribution < 1.29 is 13.6 Å². The summed E-state index contributed by atoms with van der Waals surface area (Å²) in [5.74, 6) is -2.61. The van der Waals surface area contributed by atoms with Crippen LogP contribution < -0.4 is 11.5 Å². The molecule has 4 N–H and O–H groups in total. The molecule has 2 aromatic carbocycles. The Balaban J connectivity index is 2.63. The molecule has 5 heteroatoms. The van der Waals surface area contributed by atoms with Crippen LogP contribution in [-0.4, -0.2) is 5.91 Å². The largest absolute Gasteiger partial charge is 0.399 e. The normalized spacial score (nSPS) is 10.3. The fourth-order valence-electron chi connectivity index (χ4n) is 1.68. The molecule has 0 unspecified atom stereocenters. The van der Waals surface area contributed by atoms with Gasteiger partial charge in [0, 0.05) is 11.3 Å². The molecule has 0 aromatic heterocycles. The summed E-state index contributed by atoms with van der Waals surface area (Å²) in [5, 5.41) is 0. The van der Waals surface area contributed by atoms with E-state index in [0.29, 0.717) is 16.8 Å². The van der Waals surface area contributed by atoms with Crippen molar-refractivity contribution in [2.24, 2.45) is 5.73 Å². The van der Waals surface area contributed by atoms with Crippen molar-refractivity contribution >= 4 is 11.6 Å². The first kappa shape index (κ1) is 12.0. The van der Waals surface area contributed by atoms with E-state index in [2.05, 4.69) is 0 Å². The van der Waals surface area contributed by atoms with E-state index in [1.165, 1.54) is 12.1 Å². The molecule has 0 bridgehead atoms. The minimum Gasteiger partial charge on any atom is -0.399 e. The van der Waals surface area contributed by atoms with E-state index >= 15 is 0 Å². The number of primary amides is 1. The standard InChI is InChI=1S/C13H10F2N2O/c14-11-4-1-7(5-12(11)15)9-3-2-8(16)6-10(9)13(17)18/h1-6H,16H2,(H2,17,18). The summed E-state index contributed by atoms with van der Waals surface area (Å²) in [7, 11) is 0.